The quantitative estimate of drug-likeness (QED) is 0.829. The number of rotatable bonds is 6. The summed E-state index contributed by atoms with van der Waals surface area (Å²) in [6.45, 7) is 4.29. The number of nitrogens with one attached hydrogen (secondary N) is 1. The van der Waals surface area contributed by atoms with Crippen LogP contribution in [0.3, 0.4) is 0 Å². The molecule has 0 saturated heterocycles. The molecular formula is C13H19F2NO. The zero-order valence-corrected chi connectivity index (χ0v) is 10.5. The summed E-state index contributed by atoms with van der Waals surface area (Å²) in [5.41, 5.74) is 1.86. The van der Waals surface area contributed by atoms with Crippen molar-refractivity contribution in [2.75, 3.05) is 13.7 Å². The smallest absolute Gasteiger partial charge is 0.254 e. The van der Waals surface area contributed by atoms with Gasteiger partial charge < -0.3 is 10.1 Å². The summed E-state index contributed by atoms with van der Waals surface area (Å²) in [5, 5.41) is 2.80. The molecule has 0 aromatic heterocycles. The highest BCUT2D eigenvalue weighted by Crippen LogP contribution is 2.22. The summed E-state index contributed by atoms with van der Waals surface area (Å²) in [6, 6.07) is 4.80. The van der Waals surface area contributed by atoms with Crippen molar-refractivity contribution in [3.63, 3.8) is 0 Å². The predicted molar refractivity (Wildman–Crippen MR) is 64.9 cm³/mol. The number of hydrogen-bond donors (Lipinski definition) is 1. The van der Waals surface area contributed by atoms with Gasteiger partial charge in [-0.1, -0.05) is 24.6 Å². The van der Waals surface area contributed by atoms with Crippen molar-refractivity contribution in [1.29, 1.82) is 0 Å². The van der Waals surface area contributed by atoms with E-state index in [1.807, 2.05) is 32.0 Å². The standard InChI is InChI=1S/C13H19F2NO/c1-4-16-11(13(14)15)8-10-7-9(2)5-6-12(10)17-3/h5-7,11,13,16H,4,8H2,1-3H3. The third-order valence-electron chi connectivity index (χ3n) is 2.65. The van der Waals surface area contributed by atoms with Crippen molar-refractivity contribution in [3.05, 3.63) is 29.3 Å². The maximum Gasteiger partial charge on any atom is 0.254 e. The first-order valence-electron chi connectivity index (χ1n) is 5.73. The minimum absolute atomic E-state index is 0.274. The molecule has 1 aromatic rings. The molecule has 1 aromatic carbocycles. The highest BCUT2D eigenvalue weighted by Gasteiger charge is 2.21. The molecule has 0 bridgehead atoms. The second-order valence-electron chi connectivity index (χ2n) is 4.02. The average Bonchev–Trinajstić information content (AvgIpc) is 2.28. The largest absolute Gasteiger partial charge is 0.496 e. The molecule has 1 unspecified atom stereocenters. The summed E-state index contributed by atoms with van der Waals surface area (Å²) in [7, 11) is 1.55. The molecule has 0 saturated carbocycles. The second-order valence-corrected chi connectivity index (χ2v) is 4.02. The van der Waals surface area contributed by atoms with Gasteiger partial charge in [-0.3, -0.25) is 0 Å². The molecule has 1 atom stereocenters. The minimum atomic E-state index is -2.37. The van der Waals surface area contributed by atoms with E-state index in [9.17, 15) is 8.78 Å². The Morgan fingerprint density at radius 3 is 2.59 bits per heavy atom. The van der Waals surface area contributed by atoms with Crippen molar-refractivity contribution in [3.8, 4) is 5.75 Å². The first-order valence-corrected chi connectivity index (χ1v) is 5.73. The molecule has 0 spiro atoms. The molecule has 2 nitrogen and oxygen atoms in total. The number of likely N-dealkylation sites (N-methyl/N-ethyl adjacent to an activating group) is 1. The van der Waals surface area contributed by atoms with E-state index in [0.29, 0.717) is 12.3 Å². The van der Waals surface area contributed by atoms with E-state index in [1.54, 1.807) is 7.11 Å². The maximum absolute atomic E-state index is 12.8. The fourth-order valence-electron chi connectivity index (χ4n) is 1.82. The van der Waals surface area contributed by atoms with E-state index in [0.717, 1.165) is 11.1 Å². The zero-order valence-electron chi connectivity index (χ0n) is 10.5. The third-order valence-corrected chi connectivity index (χ3v) is 2.65. The third kappa shape index (κ3) is 3.97. The Hall–Kier alpha value is -1.16. The lowest BCUT2D eigenvalue weighted by atomic mass is 10.0. The Morgan fingerprint density at radius 2 is 2.06 bits per heavy atom. The normalized spacial score (nSPS) is 12.8. The number of aryl methyl sites for hydroxylation is 1. The van der Waals surface area contributed by atoms with Gasteiger partial charge in [0.2, 0.25) is 0 Å². The average molecular weight is 243 g/mol. The lowest BCUT2D eigenvalue weighted by Crippen LogP contribution is -2.37. The molecule has 4 heteroatoms. The predicted octanol–water partition coefficient (Wildman–Crippen LogP) is 2.79. The van der Waals surface area contributed by atoms with Crippen molar-refractivity contribution < 1.29 is 13.5 Å². The highest BCUT2D eigenvalue weighted by atomic mass is 19.3. The molecule has 0 radical (unpaired) electrons. The summed E-state index contributed by atoms with van der Waals surface area (Å²) in [4.78, 5) is 0. The first kappa shape index (κ1) is 13.9. The number of ether oxygens (including phenoxy) is 1. The van der Waals surface area contributed by atoms with Crippen LogP contribution in [0.15, 0.2) is 18.2 Å². The van der Waals surface area contributed by atoms with Crippen molar-refractivity contribution in [2.45, 2.75) is 32.7 Å². The van der Waals surface area contributed by atoms with Crippen molar-refractivity contribution >= 4 is 0 Å². The summed E-state index contributed by atoms with van der Waals surface area (Å²) < 4.78 is 30.8. The van der Waals surface area contributed by atoms with Crippen LogP contribution < -0.4 is 10.1 Å². The maximum atomic E-state index is 12.8. The lowest BCUT2D eigenvalue weighted by molar-refractivity contribution is 0.0988. The van der Waals surface area contributed by atoms with Crippen LogP contribution in [0, 0.1) is 6.92 Å². The van der Waals surface area contributed by atoms with Crippen LogP contribution in [0.25, 0.3) is 0 Å². The molecule has 1 N–H and O–H groups in total. The molecule has 0 heterocycles. The molecule has 0 fully saturated rings. The number of benzene rings is 1. The fourth-order valence-corrected chi connectivity index (χ4v) is 1.82. The van der Waals surface area contributed by atoms with Crippen LogP contribution in [-0.2, 0) is 6.42 Å². The lowest BCUT2D eigenvalue weighted by Gasteiger charge is -2.18. The van der Waals surface area contributed by atoms with Gasteiger partial charge in [-0.25, -0.2) is 8.78 Å². The highest BCUT2D eigenvalue weighted by molar-refractivity contribution is 5.37. The number of hydrogen-bond acceptors (Lipinski definition) is 2. The second kappa shape index (κ2) is 6.55. The van der Waals surface area contributed by atoms with E-state index in [-0.39, 0.29) is 6.42 Å². The molecule has 96 valence electrons. The molecule has 0 amide bonds. The summed E-state index contributed by atoms with van der Waals surface area (Å²) in [5.74, 6) is 0.666. The van der Waals surface area contributed by atoms with Gasteiger partial charge in [-0.2, -0.15) is 0 Å². The summed E-state index contributed by atoms with van der Waals surface area (Å²) in [6.07, 6.45) is -2.10. The van der Waals surface area contributed by atoms with Gasteiger partial charge in [0.25, 0.3) is 6.43 Å². The van der Waals surface area contributed by atoms with Gasteiger partial charge in [0.1, 0.15) is 5.75 Å². The van der Waals surface area contributed by atoms with Crippen LogP contribution in [-0.4, -0.2) is 26.1 Å². The zero-order chi connectivity index (χ0) is 12.8. The monoisotopic (exact) mass is 243 g/mol. The molecule has 0 aliphatic carbocycles. The Morgan fingerprint density at radius 1 is 1.35 bits per heavy atom. The Bertz CT molecular complexity index is 355. The van der Waals surface area contributed by atoms with Crippen LogP contribution >= 0.6 is 0 Å². The minimum Gasteiger partial charge on any atom is -0.496 e. The van der Waals surface area contributed by atoms with Crippen molar-refractivity contribution in [2.24, 2.45) is 0 Å². The van der Waals surface area contributed by atoms with Crippen LogP contribution in [0.1, 0.15) is 18.1 Å². The SMILES string of the molecule is CCNC(Cc1cc(C)ccc1OC)C(F)F. The van der Waals surface area contributed by atoms with Gasteiger partial charge in [0, 0.05) is 0 Å². The van der Waals surface area contributed by atoms with Gasteiger partial charge >= 0.3 is 0 Å². The number of methoxy groups -OCH3 is 1. The van der Waals surface area contributed by atoms with Crippen LogP contribution in [0.4, 0.5) is 8.78 Å². The molecule has 1 rings (SSSR count). The van der Waals surface area contributed by atoms with Crippen molar-refractivity contribution in [1.82, 2.24) is 5.32 Å². The Labute approximate surface area is 101 Å². The van der Waals surface area contributed by atoms with Crippen LogP contribution in [0.2, 0.25) is 0 Å². The topological polar surface area (TPSA) is 21.3 Å². The fraction of sp³-hybridized carbons (Fsp3) is 0.538. The van der Waals surface area contributed by atoms with E-state index >= 15 is 0 Å². The Kier molecular flexibility index (Phi) is 5.35. The van der Waals surface area contributed by atoms with Gasteiger partial charge in [-0.05, 0) is 31.5 Å². The van der Waals surface area contributed by atoms with E-state index in [1.165, 1.54) is 0 Å². The molecule has 0 aliphatic heterocycles. The van der Waals surface area contributed by atoms with Crippen LogP contribution in [0.5, 0.6) is 5.75 Å². The van der Waals surface area contributed by atoms with E-state index in [4.69, 9.17) is 4.74 Å². The van der Waals surface area contributed by atoms with E-state index < -0.39 is 12.5 Å². The van der Waals surface area contributed by atoms with Gasteiger partial charge in [0.15, 0.2) is 0 Å². The molecular weight excluding hydrogens is 224 g/mol. The number of alkyl halides is 2. The number of halogens is 2. The Balaban J connectivity index is 2.87. The van der Waals surface area contributed by atoms with Gasteiger partial charge in [0.05, 0.1) is 13.2 Å². The molecule has 0 aliphatic rings. The van der Waals surface area contributed by atoms with E-state index in [2.05, 4.69) is 5.32 Å². The first-order chi connectivity index (χ1) is 8.08. The van der Waals surface area contributed by atoms with Gasteiger partial charge in [-0.15, -0.1) is 0 Å². The summed E-state index contributed by atoms with van der Waals surface area (Å²) >= 11 is 0. The molecule has 17 heavy (non-hydrogen) atoms.